The van der Waals surface area contributed by atoms with E-state index >= 15 is 0 Å². The average Bonchev–Trinajstić information content (AvgIpc) is 2.56. The molecule has 0 atom stereocenters. The quantitative estimate of drug-likeness (QED) is 0.820. The molecule has 0 fully saturated rings. The summed E-state index contributed by atoms with van der Waals surface area (Å²) < 4.78 is 0. The van der Waals surface area contributed by atoms with Crippen molar-refractivity contribution in [2.24, 2.45) is 0 Å². The summed E-state index contributed by atoms with van der Waals surface area (Å²) in [5, 5.41) is 6.32. The fourth-order valence-electron chi connectivity index (χ4n) is 2.47. The number of likely N-dealkylation sites (N-methyl/N-ethyl adjacent to an activating group) is 1. The predicted octanol–water partition coefficient (Wildman–Crippen LogP) is 3.18. The number of benzene rings is 1. The number of aromatic nitrogens is 1. The van der Waals surface area contributed by atoms with Gasteiger partial charge < -0.3 is 15.5 Å². The van der Waals surface area contributed by atoms with Crippen molar-refractivity contribution < 1.29 is 4.79 Å². The van der Waals surface area contributed by atoms with E-state index in [4.69, 9.17) is 0 Å². The van der Waals surface area contributed by atoms with E-state index in [1.54, 1.807) is 12.4 Å². The molecule has 128 valence electrons. The highest BCUT2D eigenvalue weighted by atomic mass is 16.1. The van der Waals surface area contributed by atoms with Gasteiger partial charge in [0.1, 0.15) is 0 Å². The van der Waals surface area contributed by atoms with Gasteiger partial charge in [0.25, 0.3) is 5.91 Å². The molecular weight excluding hydrogens is 300 g/mol. The van der Waals surface area contributed by atoms with Crippen molar-refractivity contribution in [1.82, 2.24) is 9.88 Å². The average molecular weight is 326 g/mol. The lowest BCUT2D eigenvalue weighted by molar-refractivity contribution is 0.102. The summed E-state index contributed by atoms with van der Waals surface area (Å²) in [7, 11) is 4.05. The van der Waals surface area contributed by atoms with Gasteiger partial charge in [-0.05, 0) is 44.6 Å². The molecule has 0 spiro atoms. The summed E-state index contributed by atoms with van der Waals surface area (Å²) in [6.07, 6.45) is 4.20. The van der Waals surface area contributed by atoms with Crippen LogP contribution in [0.4, 0.5) is 11.4 Å². The number of rotatable bonds is 7. The third-order valence-electron chi connectivity index (χ3n) is 3.87. The number of hydrogen-bond acceptors (Lipinski definition) is 4. The van der Waals surface area contributed by atoms with Crippen LogP contribution in [-0.4, -0.2) is 43.0 Å². The Hall–Kier alpha value is -2.40. The number of carbonyl (C=O) groups is 1. The van der Waals surface area contributed by atoms with Gasteiger partial charge in [-0.1, -0.05) is 25.1 Å². The number of para-hydroxylation sites is 1. The van der Waals surface area contributed by atoms with Gasteiger partial charge in [0.15, 0.2) is 0 Å². The van der Waals surface area contributed by atoms with E-state index in [-0.39, 0.29) is 5.91 Å². The van der Waals surface area contributed by atoms with Gasteiger partial charge in [-0.2, -0.15) is 0 Å². The second kappa shape index (κ2) is 8.45. The molecule has 2 rings (SSSR count). The third kappa shape index (κ3) is 4.80. The minimum absolute atomic E-state index is 0.136. The fourth-order valence-corrected chi connectivity index (χ4v) is 2.47. The Morgan fingerprint density at radius 1 is 1.25 bits per heavy atom. The minimum atomic E-state index is -0.136. The molecule has 0 saturated heterocycles. The van der Waals surface area contributed by atoms with Crippen LogP contribution in [0.1, 0.15) is 28.4 Å². The summed E-state index contributed by atoms with van der Waals surface area (Å²) >= 11 is 0. The molecule has 0 aliphatic heterocycles. The van der Waals surface area contributed by atoms with Crippen LogP contribution in [0, 0.1) is 6.92 Å². The van der Waals surface area contributed by atoms with Gasteiger partial charge in [0, 0.05) is 31.2 Å². The van der Waals surface area contributed by atoms with E-state index < -0.39 is 0 Å². The number of amides is 1. The van der Waals surface area contributed by atoms with Crippen LogP contribution in [0.25, 0.3) is 0 Å². The zero-order valence-electron chi connectivity index (χ0n) is 14.9. The van der Waals surface area contributed by atoms with Crippen LogP contribution in [0.15, 0.2) is 36.7 Å². The maximum absolute atomic E-state index is 12.6. The number of aryl methyl sites for hydroxylation is 2. The maximum atomic E-state index is 12.6. The van der Waals surface area contributed by atoms with Crippen LogP contribution in [0.5, 0.6) is 0 Å². The van der Waals surface area contributed by atoms with Crippen molar-refractivity contribution >= 4 is 17.3 Å². The highest BCUT2D eigenvalue weighted by molar-refractivity contribution is 6.05. The van der Waals surface area contributed by atoms with Crippen LogP contribution in [0.3, 0.4) is 0 Å². The Morgan fingerprint density at radius 2 is 2.04 bits per heavy atom. The minimum Gasteiger partial charge on any atom is -0.382 e. The van der Waals surface area contributed by atoms with E-state index in [1.807, 2.05) is 45.3 Å². The summed E-state index contributed by atoms with van der Waals surface area (Å²) in [4.78, 5) is 18.9. The van der Waals surface area contributed by atoms with Crippen LogP contribution < -0.4 is 10.6 Å². The standard InChI is InChI=1S/C19H26N4O/c1-5-15-8-6-7-14(2)18(15)22-19(24)16-11-17(13-20-12-16)21-9-10-23(3)4/h6-8,11-13,21H,5,9-10H2,1-4H3,(H,22,24). The molecule has 2 N–H and O–H groups in total. The number of nitrogens with zero attached hydrogens (tertiary/aromatic N) is 2. The molecule has 2 aromatic rings. The molecule has 0 aliphatic rings. The lowest BCUT2D eigenvalue weighted by atomic mass is 10.1. The molecule has 0 radical (unpaired) electrons. The van der Waals surface area contributed by atoms with E-state index in [9.17, 15) is 4.79 Å². The SMILES string of the molecule is CCc1cccc(C)c1NC(=O)c1cncc(NCCN(C)C)c1. The first-order chi connectivity index (χ1) is 11.5. The zero-order chi connectivity index (χ0) is 17.5. The second-order valence-corrected chi connectivity index (χ2v) is 6.11. The van der Waals surface area contributed by atoms with E-state index in [1.165, 1.54) is 0 Å². The van der Waals surface area contributed by atoms with Crippen LogP contribution in [0.2, 0.25) is 0 Å². The van der Waals surface area contributed by atoms with Gasteiger partial charge in [-0.25, -0.2) is 0 Å². The van der Waals surface area contributed by atoms with Gasteiger partial charge in [-0.3, -0.25) is 9.78 Å². The summed E-state index contributed by atoms with van der Waals surface area (Å²) in [5.41, 5.74) is 4.50. The molecule has 1 heterocycles. The molecule has 1 amide bonds. The van der Waals surface area contributed by atoms with E-state index in [2.05, 4.69) is 27.4 Å². The van der Waals surface area contributed by atoms with Crippen molar-refractivity contribution in [2.75, 3.05) is 37.8 Å². The Kier molecular flexibility index (Phi) is 6.32. The number of carbonyl (C=O) groups excluding carboxylic acids is 1. The van der Waals surface area contributed by atoms with Crippen molar-refractivity contribution in [3.05, 3.63) is 53.3 Å². The van der Waals surface area contributed by atoms with Crippen molar-refractivity contribution in [2.45, 2.75) is 20.3 Å². The first kappa shape index (κ1) is 17.9. The monoisotopic (exact) mass is 326 g/mol. The van der Waals surface area contributed by atoms with E-state index in [0.29, 0.717) is 5.56 Å². The molecule has 0 aliphatic carbocycles. The summed E-state index contributed by atoms with van der Waals surface area (Å²) in [6.45, 7) is 5.81. The first-order valence-electron chi connectivity index (χ1n) is 8.24. The third-order valence-corrected chi connectivity index (χ3v) is 3.87. The molecule has 1 aromatic heterocycles. The predicted molar refractivity (Wildman–Crippen MR) is 99.8 cm³/mol. The molecule has 0 unspecified atom stereocenters. The molecule has 24 heavy (non-hydrogen) atoms. The van der Waals surface area contributed by atoms with E-state index in [0.717, 1.165) is 42.0 Å². The van der Waals surface area contributed by atoms with Crippen LogP contribution in [-0.2, 0) is 6.42 Å². The lowest BCUT2D eigenvalue weighted by Crippen LogP contribution is -2.21. The van der Waals surface area contributed by atoms with Crippen molar-refractivity contribution in [1.29, 1.82) is 0 Å². The highest BCUT2D eigenvalue weighted by Crippen LogP contribution is 2.22. The summed E-state index contributed by atoms with van der Waals surface area (Å²) in [6, 6.07) is 7.90. The Balaban J connectivity index is 2.10. The van der Waals surface area contributed by atoms with Gasteiger partial charge in [0.05, 0.1) is 11.3 Å². The number of anilines is 2. The number of pyridine rings is 1. The zero-order valence-corrected chi connectivity index (χ0v) is 14.9. The molecule has 5 nitrogen and oxygen atoms in total. The number of nitrogens with one attached hydrogen (secondary N) is 2. The maximum Gasteiger partial charge on any atom is 0.257 e. The first-order valence-corrected chi connectivity index (χ1v) is 8.24. The van der Waals surface area contributed by atoms with Crippen LogP contribution >= 0.6 is 0 Å². The largest absolute Gasteiger partial charge is 0.382 e. The molecule has 0 saturated carbocycles. The highest BCUT2D eigenvalue weighted by Gasteiger charge is 2.11. The van der Waals surface area contributed by atoms with Gasteiger partial charge in [-0.15, -0.1) is 0 Å². The Labute approximate surface area is 144 Å². The smallest absolute Gasteiger partial charge is 0.257 e. The second-order valence-electron chi connectivity index (χ2n) is 6.11. The fraction of sp³-hybridized carbons (Fsp3) is 0.368. The molecular formula is C19H26N4O. The molecule has 1 aromatic carbocycles. The molecule has 0 bridgehead atoms. The van der Waals surface area contributed by atoms with Crippen molar-refractivity contribution in [3.63, 3.8) is 0 Å². The normalized spacial score (nSPS) is 10.7. The Morgan fingerprint density at radius 3 is 2.75 bits per heavy atom. The lowest BCUT2D eigenvalue weighted by Gasteiger charge is -2.14. The van der Waals surface area contributed by atoms with Crippen molar-refractivity contribution in [3.8, 4) is 0 Å². The van der Waals surface area contributed by atoms with Gasteiger partial charge >= 0.3 is 0 Å². The number of hydrogen-bond donors (Lipinski definition) is 2. The van der Waals surface area contributed by atoms with Gasteiger partial charge in [0.2, 0.25) is 0 Å². The Bertz CT molecular complexity index is 698. The topological polar surface area (TPSA) is 57.3 Å². The summed E-state index contributed by atoms with van der Waals surface area (Å²) in [5.74, 6) is -0.136. The molecule has 5 heteroatoms.